The van der Waals surface area contributed by atoms with Gasteiger partial charge in [-0.05, 0) is 119 Å². The molecular weight excluding hydrogens is 561 g/mol. The van der Waals surface area contributed by atoms with Crippen LogP contribution in [0.2, 0.25) is 0 Å². The minimum atomic E-state index is -1.26. The van der Waals surface area contributed by atoms with Gasteiger partial charge < -0.3 is 0 Å². The highest BCUT2D eigenvalue weighted by Crippen LogP contribution is 2.62. The summed E-state index contributed by atoms with van der Waals surface area (Å²) in [6.07, 6.45) is 24.8. The van der Waals surface area contributed by atoms with Crippen LogP contribution >= 0.6 is 10.0 Å². The van der Waals surface area contributed by atoms with E-state index in [1.807, 2.05) is 0 Å². The standard InChI is InChI=1S/C44H34S/c1-45(2,40-28-24-33-20-19-30-13-10-14-31-23-27-39(40)44(33)41(30)31)34-25-21-32(22-26-34)43-37-17-8-6-15-35(37)42(29-11-4-3-5-12-29)36-16-7-9-18-38(36)43/h3-12,14-28,44H,13H2,1-2H3. The Labute approximate surface area is 267 Å². The molecule has 0 aromatic heterocycles. The van der Waals surface area contributed by atoms with E-state index < -0.39 is 10.0 Å². The average molecular weight is 595 g/mol. The van der Waals surface area contributed by atoms with Crippen LogP contribution in [0.3, 0.4) is 0 Å². The normalized spacial score (nSPS) is 18.8. The lowest BCUT2D eigenvalue weighted by Crippen LogP contribution is -2.23. The van der Waals surface area contributed by atoms with Gasteiger partial charge in [0.05, 0.1) is 0 Å². The summed E-state index contributed by atoms with van der Waals surface area (Å²) in [6.45, 7) is 0. The number of allylic oxidation sites excluding steroid dienone is 13. The van der Waals surface area contributed by atoms with E-state index >= 15 is 0 Å². The van der Waals surface area contributed by atoms with Gasteiger partial charge in [0.2, 0.25) is 0 Å². The average Bonchev–Trinajstić information content (AvgIpc) is 3.10. The van der Waals surface area contributed by atoms with Crippen molar-refractivity contribution < 1.29 is 0 Å². The molecule has 216 valence electrons. The molecule has 5 aromatic carbocycles. The fourth-order valence-electron chi connectivity index (χ4n) is 7.98. The van der Waals surface area contributed by atoms with Crippen molar-refractivity contribution in [3.63, 3.8) is 0 Å². The van der Waals surface area contributed by atoms with Gasteiger partial charge in [-0.1, -0.05) is 134 Å². The monoisotopic (exact) mass is 594 g/mol. The van der Waals surface area contributed by atoms with Crippen LogP contribution in [0.1, 0.15) is 6.42 Å². The van der Waals surface area contributed by atoms with Crippen LogP contribution in [-0.4, -0.2) is 12.5 Å². The summed E-state index contributed by atoms with van der Waals surface area (Å²) in [6, 6.07) is 38.2. The summed E-state index contributed by atoms with van der Waals surface area (Å²) in [7, 11) is -1.26. The molecule has 1 unspecified atom stereocenters. The van der Waals surface area contributed by atoms with Crippen molar-refractivity contribution in [3.05, 3.63) is 185 Å². The van der Waals surface area contributed by atoms with E-state index in [4.69, 9.17) is 0 Å². The third-order valence-corrected chi connectivity index (χ3v) is 13.1. The molecule has 0 bridgehead atoms. The van der Waals surface area contributed by atoms with Crippen LogP contribution in [0.4, 0.5) is 0 Å². The van der Waals surface area contributed by atoms with Gasteiger partial charge in [-0.25, -0.2) is 0 Å². The SMILES string of the molecule is CS(C)(C1=C2C=CC3=C4C(=CC=C(C=C1)C24)CC=C3)c1ccc(-c2c3ccccc3c(-c3ccccc3)c3ccccc23)cc1. The molecule has 4 aliphatic rings. The first-order valence-electron chi connectivity index (χ1n) is 15.8. The molecule has 0 radical (unpaired) electrons. The van der Waals surface area contributed by atoms with Gasteiger partial charge in [0.25, 0.3) is 0 Å². The Morgan fingerprint density at radius 3 is 1.80 bits per heavy atom. The first-order chi connectivity index (χ1) is 22.1. The summed E-state index contributed by atoms with van der Waals surface area (Å²) in [5.41, 5.74) is 12.5. The van der Waals surface area contributed by atoms with Crippen molar-refractivity contribution in [1.29, 1.82) is 0 Å². The Hall–Kier alpha value is -4.85. The first kappa shape index (κ1) is 26.5. The van der Waals surface area contributed by atoms with Crippen LogP contribution in [0.5, 0.6) is 0 Å². The highest BCUT2D eigenvalue weighted by molar-refractivity contribution is 8.36. The minimum Gasteiger partial charge on any atom is -0.193 e. The molecule has 1 atom stereocenters. The van der Waals surface area contributed by atoms with E-state index in [1.165, 1.54) is 81.5 Å². The molecule has 9 rings (SSSR count). The summed E-state index contributed by atoms with van der Waals surface area (Å²) >= 11 is 0. The largest absolute Gasteiger partial charge is 0.193 e. The Morgan fingerprint density at radius 2 is 1.16 bits per heavy atom. The molecule has 0 amide bonds. The maximum atomic E-state index is 2.47. The van der Waals surface area contributed by atoms with Crippen molar-refractivity contribution in [3.8, 4) is 22.3 Å². The Bertz CT molecular complexity index is 2220. The molecule has 1 heteroatoms. The lowest BCUT2D eigenvalue weighted by Gasteiger charge is -2.42. The zero-order chi connectivity index (χ0) is 30.1. The molecule has 0 N–H and O–H groups in total. The Morgan fingerprint density at radius 1 is 0.556 bits per heavy atom. The maximum Gasteiger partial charge on any atom is 0.0359 e. The van der Waals surface area contributed by atoms with E-state index in [9.17, 15) is 0 Å². The summed E-state index contributed by atoms with van der Waals surface area (Å²) in [4.78, 5) is 2.92. The zero-order valence-electron chi connectivity index (χ0n) is 25.6. The number of hydrogen-bond acceptors (Lipinski definition) is 0. The fraction of sp³-hybridized carbons (Fsp3) is 0.0909. The molecule has 45 heavy (non-hydrogen) atoms. The van der Waals surface area contributed by atoms with Crippen LogP contribution in [-0.2, 0) is 0 Å². The summed E-state index contributed by atoms with van der Waals surface area (Å²) in [5, 5.41) is 5.19. The zero-order valence-corrected chi connectivity index (χ0v) is 26.4. The number of rotatable bonds is 4. The molecule has 0 aliphatic heterocycles. The highest BCUT2D eigenvalue weighted by Gasteiger charge is 2.36. The second-order valence-corrected chi connectivity index (χ2v) is 16.4. The van der Waals surface area contributed by atoms with E-state index in [-0.39, 0.29) is 0 Å². The van der Waals surface area contributed by atoms with Gasteiger partial charge in [-0.2, -0.15) is 10.0 Å². The molecule has 0 saturated heterocycles. The lowest BCUT2D eigenvalue weighted by atomic mass is 9.69. The van der Waals surface area contributed by atoms with Crippen LogP contribution < -0.4 is 0 Å². The number of hydrogen-bond donors (Lipinski definition) is 0. The predicted octanol–water partition coefficient (Wildman–Crippen LogP) is 11.9. The second-order valence-electron chi connectivity index (χ2n) is 12.8. The van der Waals surface area contributed by atoms with Gasteiger partial charge in [-0.15, -0.1) is 0 Å². The van der Waals surface area contributed by atoms with Gasteiger partial charge in [0.1, 0.15) is 0 Å². The maximum absolute atomic E-state index is 2.47. The van der Waals surface area contributed by atoms with E-state index in [2.05, 4.69) is 164 Å². The van der Waals surface area contributed by atoms with Crippen molar-refractivity contribution in [2.24, 2.45) is 5.92 Å². The minimum absolute atomic E-state index is 0.363. The third kappa shape index (κ3) is 4.01. The number of benzene rings is 5. The summed E-state index contributed by atoms with van der Waals surface area (Å²) in [5.74, 6) is 0.363. The van der Waals surface area contributed by atoms with Gasteiger partial charge in [0.15, 0.2) is 0 Å². The highest BCUT2D eigenvalue weighted by atomic mass is 32.3. The summed E-state index contributed by atoms with van der Waals surface area (Å²) < 4.78 is 0. The molecule has 0 fully saturated rings. The smallest absolute Gasteiger partial charge is 0.0359 e. The first-order valence-corrected chi connectivity index (χ1v) is 18.3. The number of fused-ring (bicyclic) bond motifs is 2. The van der Waals surface area contributed by atoms with Crippen molar-refractivity contribution >= 4 is 31.6 Å². The molecule has 0 nitrogen and oxygen atoms in total. The van der Waals surface area contributed by atoms with Gasteiger partial charge >= 0.3 is 0 Å². The second kappa shape index (κ2) is 10.1. The topological polar surface area (TPSA) is 0 Å². The molecular formula is C44H34S. The Balaban J connectivity index is 1.17. The van der Waals surface area contributed by atoms with Crippen LogP contribution in [0, 0.1) is 5.92 Å². The molecule has 0 heterocycles. The Kier molecular flexibility index (Phi) is 5.95. The van der Waals surface area contributed by atoms with E-state index in [0.717, 1.165) is 6.42 Å². The van der Waals surface area contributed by atoms with Crippen LogP contribution in [0.15, 0.2) is 189 Å². The lowest BCUT2D eigenvalue weighted by molar-refractivity contribution is 0.829. The fourth-order valence-corrected chi connectivity index (χ4v) is 10.2. The van der Waals surface area contributed by atoms with Crippen molar-refractivity contribution in [1.82, 2.24) is 0 Å². The van der Waals surface area contributed by atoms with E-state index in [0.29, 0.717) is 5.92 Å². The predicted molar refractivity (Wildman–Crippen MR) is 196 cm³/mol. The third-order valence-electron chi connectivity index (χ3n) is 10.1. The molecule has 5 aromatic rings. The quantitative estimate of drug-likeness (QED) is 0.182. The van der Waals surface area contributed by atoms with Crippen molar-refractivity contribution in [2.75, 3.05) is 12.5 Å². The molecule has 0 saturated carbocycles. The van der Waals surface area contributed by atoms with Crippen LogP contribution in [0.25, 0.3) is 43.8 Å². The van der Waals surface area contributed by atoms with Crippen molar-refractivity contribution in [2.45, 2.75) is 11.3 Å². The molecule has 0 spiro atoms. The molecule has 4 aliphatic carbocycles. The van der Waals surface area contributed by atoms with E-state index in [1.54, 1.807) is 0 Å². The van der Waals surface area contributed by atoms with Gasteiger partial charge in [-0.3, -0.25) is 0 Å². The van der Waals surface area contributed by atoms with Gasteiger partial charge in [0, 0.05) is 5.92 Å².